The Morgan fingerprint density at radius 2 is 0.719 bits per heavy atom. The molecule has 0 aromatic heterocycles. The van der Waals surface area contributed by atoms with Gasteiger partial charge in [-0.2, -0.15) is 0 Å². The summed E-state index contributed by atoms with van der Waals surface area (Å²) in [5, 5.41) is 10.8. The van der Waals surface area contributed by atoms with Crippen molar-refractivity contribution in [1.82, 2.24) is 0 Å². The summed E-state index contributed by atoms with van der Waals surface area (Å²) >= 11 is 6.05. The third kappa shape index (κ3) is 28.1. The second kappa shape index (κ2) is 36.5. The van der Waals surface area contributed by atoms with Crippen LogP contribution in [0.25, 0.3) is 0 Å². The Kier molecular flexibility index (Phi) is 34.0. The van der Waals surface area contributed by atoms with Crippen molar-refractivity contribution in [1.29, 1.82) is 0 Å². The molecule has 0 fully saturated rings. The number of hydrogen-bond acceptors (Lipinski definition) is 5. The molecule has 64 heavy (non-hydrogen) atoms. The Balaban J connectivity index is 1.89. The van der Waals surface area contributed by atoms with Crippen LogP contribution in [-0.4, -0.2) is 16.6 Å². The number of phenolic OH excluding ortho intramolecular Hbond substituents is 1. The van der Waals surface area contributed by atoms with Gasteiger partial charge in [-0.15, -0.1) is 0 Å². The molecule has 2 aromatic rings. The lowest BCUT2D eigenvalue weighted by Crippen LogP contribution is -2.13. The van der Waals surface area contributed by atoms with Gasteiger partial charge in [0.1, 0.15) is 11.5 Å². The van der Waals surface area contributed by atoms with Gasteiger partial charge >= 0.3 is 0 Å². The summed E-state index contributed by atoms with van der Waals surface area (Å²) < 4.78 is 7.17. The van der Waals surface area contributed by atoms with Crippen LogP contribution in [0.4, 0.5) is 0 Å². The highest BCUT2D eigenvalue weighted by molar-refractivity contribution is 8.87. The van der Waals surface area contributed by atoms with E-state index in [4.69, 9.17) is 4.52 Å². The van der Waals surface area contributed by atoms with E-state index in [0.29, 0.717) is 5.75 Å². The second-order valence-electron chi connectivity index (χ2n) is 21.4. The van der Waals surface area contributed by atoms with Crippen molar-refractivity contribution in [3.63, 3.8) is 0 Å². The predicted octanol–water partition coefficient (Wildman–Crippen LogP) is 22.4. The molecule has 0 aliphatic carbocycles. The number of hydrogen-bond donors (Lipinski definition) is 1. The summed E-state index contributed by atoms with van der Waals surface area (Å²) in [6.07, 6.45) is 45.3. The summed E-state index contributed by atoms with van der Waals surface area (Å²) in [6, 6.07) is 8.90. The van der Waals surface area contributed by atoms with Gasteiger partial charge in [0.05, 0.1) is 0 Å². The lowest BCUT2D eigenvalue weighted by molar-refractivity contribution is 0.445. The van der Waals surface area contributed by atoms with Crippen molar-refractivity contribution >= 4 is 41.1 Å². The molecular formula is C58H103O2PS3. The molecule has 6 heteroatoms. The smallest absolute Gasteiger partial charge is 0.209 e. The first kappa shape index (κ1) is 59.6. The van der Waals surface area contributed by atoms with Gasteiger partial charge in [0.15, 0.2) is 0 Å². The maximum atomic E-state index is 10.8. The maximum absolute atomic E-state index is 10.8. The molecule has 1 N–H and O–H groups in total. The minimum absolute atomic E-state index is 0.0446. The average Bonchev–Trinajstić information content (AvgIpc) is 3.23. The van der Waals surface area contributed by atoms with Crippen LogP contribution in [0.3, 0.4) is 0 Å². The molecule has 0 saturated heterocycles. The lowest BCUT2D eigenvalue weighted by atomic mass is 9.86. The van der Waals surface area contributed by atoms with E-state index in [1.807, 2.05) is 17.8 Å². The Hall–Kier alpha value is -0.480. The van der Waals surface area contributed by atoms with Crippen LogP contribution in [-0.2, 0) is 10.8 Å². The number of aromatic hydroxyl groups is 1. The zero-order chi connectivity index (χ0) is 46.9. The third-order valence-electron chi connectivity index (χ3n) is 13.0. The van der Waals surface area contributed by atoms with Crippen molar-refractivity contribution in [2.75, 3.05) is 11.5 Å². The summed E-state index contributed by atoms with van der Waals surface area (Å²) in [6.45, 7) is 21.8. The maximum Gasteiger partial charge on any atom is 0.209 e. The molecule has 0 aliphatic rings. The van der Waals surface area contributed by atoms with Gasteiger partial charge in [-0.05, 0) is 72.9 Å². The molecule has 0 atom stereocenters. The standard InChI is InChI=1S/C58H103O2PS3/c1-11-13-15-17-19-21-23-25-27-29-31-33-35-37-39-41-43-62-61(63-44-42-40-38-36-34-32-30-28-26-24-22-20-18-16-14-12-2)60-54-46-50(4)56(48-52(54)58(8,9)10)64-55-47-51(57(5,6)7)53(59)45-49(55)3/h45-48,59H,11-44H2,1-10H3. The van der Waals surface area contributed by atoms with Gasteiger partial charge in [-0.3, -0.25) is 0 Å². The van der Waals surface area contributed by atoms with Gasteiger partial charge in [-0.1, -0.05) is 283 Å². The van der Waals surface area contributed by atoms with Crippen LogP contribution >= 0.6 is 41.1 Å². The van der Waals surface area contributed by atoms with E-state index in [2.05, 4.69) is 110 Å². The fraction of sp³-hybridized carbons (Fsp3) is 0.793. The van der Waals surface area contributed by atoms with E-state index >= 15 is 0 Å². The monoisotopic (exact) mass is 959 g/mol. The Morgan fingerprint density at radius 3 is 1.05 bits per heavy atom. The molecule has 0 amide bonds. The number of aryl methyl sites for hydroxylation is 2. The van der Waals surface area contributed by atoms with Gasteiger partial charge in [0.25, 0.3) is 0 Å². The Bertz CT molecular complexity index is 1410. The minimum atomic E-state index is -0.685. The highest BCUT2D eigenvalue weighted by Gasteiger charge is 2.25. The third-order valence-corrected chi connectivity index (χ3v) is 20.7. The van der Waals surface area contributed by atoms with E-state index in [0.717, 1.165) is 16.9 Å². The molecule has 0 radical (unpaired) electrons. The summed E-state index contributed by atoms with van der Waals surface area (Å²) in [5.41, 5.74) is 4.51. The van der Waals surface area contributed by atoms with Crippen LogP contribution in [0.15, 0.2) is 34.1 Å². The highest BCUT2D eigenvalue weighted by atomic mass is 33.1. The van der Waals surface area contributed by atoms with Crippen molar-refractivity contribution < 1.29 is 9.63 Å². The van der Waals surface area contributed by atoms with Gasteiger partial charge in [-0.25, -0.2) is 0 Å². The molecule has 2 nitrogen and oxygen atoms in total. The van der Waals surface area contributed by atoms with Crippen molar-refractivity contribution in [3.8, 4) is 11.5 Å². The molecule has 0 spiro atoms. The summed E-state index contributed by atoms with van der Waals surface area (Å²) in [5.74, 6) is 3.87. The Labute approximate surface area is 413 Å². The van der Waals surface area contributed by atoms with E-state index in [9.17, 15) is 5.11 Å². The zero-order valence-electron chi connectivity index (χ0n) is 43.9. The Morgan fingerprint density at radius 1 is 0.422 bits per heavy atom. The van der Waals surface area contributed by atoms with Gasteiger partial charge < -0.3 is 9.63 Å². The van der Waals surface area contributed by atoms with Crippen molar-refractivity contribution in [3.05, 3.63) is 46.5 Å². The summed E-state index contributed by atoms with van der Waals surface area (Å²) in [7, 11) is 0. The number of rotatable bonds is 40. The number of phenols is 1. The van der Waals surface area contributed by atoms with E-state index in [-0.39, 0.29) is 10.8 Å². The molecule has 0 saturated carbocycles. The SMILES string of the molecule is CCCCCCCCCCCCCCCCCCSP(Oc1cc(C)c(Sc2cc(C(C)(C)C)c(O)cc2C)cc1C(C)(C)C)SCCCCCCCCCCCCCCCCCC. The largest absolute Gasteiger partial charge is 0.508 e. The first-order valence-corrected chi connectivity index (χ1v) is 32.4. The van der Waals surface area contributed by atoms with Gasteiger partial charge in [0.2, 0.25) is 6.55 Å². The first-order chi connectivity index (χ1) is 30.8. The second-order valence-corrected chi connectivity index (χ2v) is 28.7. The number of benzene rings is 2. The molecule has 0 aliphatic heterocycles. The number of unbranched alkanes of at least 4 members (excludes halogenated alkanes) is 30. The van der Waals surface area contributed by atoms with Crippen LogP contribution in [0.1, 0.15) is 283 Å². The predicted molar refractivity (Wildman–Crippen MR) is 297 cm³/mol. The van der Waals surface area contributed by atoms with Crippen molar-refractivity contribution in [2.45, 2.75) is 295 Å². The van der Waals surface area contributed by atoms with E-state index in [1.54, 1.807) is 0 Å². The lowest BCUT2D eigenvalue weighted by Gasteiger charge is -2.27. The molecule has 0 unspecified atom stereocenters. The fourth-order valence-electron chi connectivity index (χ4n) is 8.68. The minimum Gasteiger partial charge on any atom is -0.508 e. The molecule has 2 rings (SSSR count). The van der Waals surface area contributed by atoms with Crippen LogP contribution in [0, 0.1) is 13.8 Å². The van der Waals surface area contributed by atoms with E-state index < -0.39 is 6.55 Å². The van der Waals surface area contributed by atoms with Crippen molar-refractivity contribution in [2.24, 2.45) is 0 Å². The van der Waals surface area contributed by atoms with Crippen LogP contribution in [0.2, 0.25) is 0 Å². The van der Waals surface area contributed by atoms with Gasteiger partial charge in [0, 0.05) is 32.4 Å². The fourth-order valence-corrected chi connectivity index (χ4v) is 15.9. The van der Waals surface area contributed by atoms with Crippen LogP contribution in [0.5, 0.6) is 11.5 Å². The topological polar surface area (TPSA) is 29.5 Å². The zero-order valence-corrected chi connectivity index (χ0v) is 47.2. The normalized spacial score (nSPS) is 12.2. The molecular weight excluding hydrogens is 856 g/mol. The average molecular weight is 960 g/mol. The summed E-state index contributed by atoms with van der Waals surface area (Å²) in [4.78, 5) is 2.49. The first-order valence-electron chi connectivity index (χ1n) is 27.2. The molecule has 0 heterocycles. The molecule has 0 bridgehead atoms. The quantitative estimate of drug-likeness (QED) is 0.0531. The van der Waals surface area contributed by atoms with E-state index in [1.165, 1.54) is 238 Å². The molecule has 370 valence electrons. The molecule has 2 aromatic carbocycles. The van der Waals surface area contributed by atoms with Crippen LogP contribution < -0.4 is 4.52 Å². The highest BCUT2D eigenvalue weighted by Crippen LogP contribution is 2.62.